The van der Waals surface area contributed by atoms with E-state index < -0.39 is 0 Å². The Balaban J connectivity index is 3.13. The average Bonchev–Trinajstić information content (AvgIpc) is 2.69. The van der Waals surface area contributed by atoms with E-state index >= 15 is 0 Å². The molecule has 0 aromatic carbocycles. The van der Waals surface area contributed by atoms with Crippen LogP contribution in [0.25, 0.3) is 0 Å². The number of likely N-dealkylation sites (N-methyl/N-ethyl adjacent to an activating group) is 1. The summed E-state index contributed by atoms with van der Waals surface area (Å²) in [6.07, 6.45) is 18.3. The summed E-state index contributed by atoms with van der Waals surface area (Å²) in [4.78, 5) is 9.55. The van der Waals surface area contributed by atoms with Crippen molar-refractivity contribution in [3.05, 3.63) is 35.4 Å². The molecule has 1 aliphatic rings. The van der Waals surface area contributed by atoms with Crippen molar-refractivity contribution in [2.24, 2.45) is 10.9 Å². The van der Waals surface area contributed by atoms with Gasteiger partial charge in [-0.1, -0.05) is 62.9 Å². The first-order valence-corrected chi connectivity index (χ1v) is 11.0. The van der Waals surface area contributed by atoms with E-state index in [1.54, 1.807) is 0 Å². The molecule has 0 amide bonds. The monoisotopic (exact) mass is 403 g/mol. The predicted molar refractivity (Wildman–Crippen MR) is 125 cm³/mol. The fourth-order valence-electron chi connectivity index (χ4n) is 3.53. The maximum Gasteiger partial charge on any atom is 0.131 e. The molecule has 2 unspecified atom stereocenters. The van der Waals surface area contributed by atoms with Crippen molar-refractivity contribution in [2.75, 3.05) is 33.7 Å². The lowest BCUT2D eigenvalue weighted by Gasteiger charge is -2.28. The molecule has 1 aliphatic heterocycles. The average molecular weight is 404 g/mol. The largest absolute Gasteiger partial charge is 0.346 e. The van der Waals surface area contributed by atoms with Crippen molar-refractivity contribution < 1.29 is 0 Å². The highest BCUT2D eigenvalue weighted by atomic mass is 35.5. The van der Waals surface area contributed by atoms with Crippen LogP contribution in [0.2, 0.25) is 0 Å². The zero-order chi connectivity index (χ0) is 20.9. The van der Waals surface area contributed by atoms with E-state index in [9.17, 15) is 0 Å². The van der Waals surface area contributed by atoms with Gasteiger partial charge < -0.3 is 9.80 Å². The standard InChI is InChI=1S/C24H38ClN3/c1-7-10-13-21-18-26-24(20(4)15-16-22(25)12-8-2)28(6)23(9-3)14-11-17-27(5)19-21/h3,12,15-16,21,23H,4,7-8,10-11,13-14,17-19H2,1-2,5-6H3/b16-15-,22-12+,26-24?. The lowest BCUT2D eigenvalue weighted by molar-refractivity contribution is 0.261. The van der Waals surface area contributed by atoms with Gasteiger partial charge in [0.05, 0.1) is 6.04 Å². The van der Waals surface area contributed by atoms with Crippen molar-refractivity contribution in [3.63, 3.8) is 0 Å². The molecule has 0 radical (unpaired) electrons. The number of aliphatic imine (C=N–C) groups is 1. The number of hydrogen-bond acceptors (Lipinski definition) is 3. The summed E-state index contributed by atoms with van der Waals surface area (Å²) in [5, 5.41) is 0.722. The highest BCUT2D eigenvalue weighted by molar-refractivity contribution is 6.31. The molecule has 0 saturated carbocycles. The highest BCUT2D eigenvalue weighted by Gasteiger charge is 2.20. The van der Waals surface area contributed by atoms with Crippen LogP contribution in [0, 0.1) is 18.3 Å². The van der Waals surface area contributed by atoms with Gasteiger partial charge in [-0.2, -0.15) is 0 Å². The Morgan fingerprint density at radius 1 is 1.36 bits per heavy atom. The van der Waals surface area contributed by atoms with Gasteiger partial charge in [0, 0.05) is 30.7 Å². The molecule has 2 atom stereocenters. The minimum atomic E-state index is 0.0196. The molecule has 4 heteroatoms. The van der Waals surface area contributed by atoms with Crippen molar-refractivity contribution in [1.29, 1.82) is 0 Å². The van der Waals surface area contributed by atoms with Crippen LogP contribution < -0.4 is 0 Å². The van der Waals surface area contributed by atoms with Gasteiger partial charge in [-0.05, 0) is 51.3 Å². The number of unbranched alkanes of at least 4 members (excludes halogenated alkanes) is 1. The van der Waals surface area contributed by atoms with Crippen LogP contribution in [0.5, 0.6) is 0 Å². The Labute approximate surface area is 178 Å². The second-order valence-electron chi connectivity index (χ2n) is 7.73. The smallest absolute Gasteiger partial charge is 0.131 e. The first kappa shape index (κ1) is 24.5. The minimum Gasteiger partial charge on any atom is -0.346 e. The molecule has 0 N–H and O–H groups in total. The molecule has 1 rings (SSSR count). The number of hydrogen-bond donors (Lipinski definition) is 0. The van der Waals surface area contributed by atoms with E-state index in [0.29, 0.717) is 5.92 Å². The van der Waals surface area contributed by atoms with E-state index in [-0.39, 0.29) is 6.04 Å². The summed E-state index contributed by atoms with van der Waals surface area (Å²) in [6, 6.07) is 0.0196. The predicted octanol–water partition coefficient (Wildman–Crippen LogP) is 5.50. The molecule has 0 aromatic rings. The third-order valence-corrected chi connectivity index (χ3v) is 5.46. The van der Waals surface area contributed by atoms with Gasteiger partial charge >= 0.3 is 0 Å². The second-order valence-corrected chi connectivity index (χ2v) is 8.16. The Morgan fingerprint density at radius 3 is 2.75 bits per heavy atom. The molecule has 0 saturated heterocycles. The van der Waals surface area contributed by atoms with Crippen LogP contribution >= 0.6 is 11.6 Å². The van der Waals surface area contributed by atoms with Crippen molar-refractivity contribution in [2.45, 2.75) is 58.4 Å². The van der Waals surface area contributed by atoms with Crippen LogP contribution in [0.4, 0.5) is 0 Å². The van der Waals surface area contributed by atoms with Crippen LogP contribution in [0.15, 0.2) is 40.4 Å². The lowest BCUT2D eigenvalue weighted by atomic mass is 10.0. The second kappa shape index (κ2) is 13.6. The van der Waals surface area contributed by atoms with Gasteiger partial charge in [0.25, 0.3) is 0 Å². The zero-order valence-electron chi connectivity index (χ0n) is 18.3. The quantitative estimate of drug-likeness (QED) is 0.413. The Hall–Kier alpha value is -1.50. The molecule has 0 spiro atoms. The molecular weight excluding hydrogens is 366 g/mol. The first-order valence-electron chi connectivity index (χ1n) is 10.6. The van der Waals surface area contributed by atoms with E-state index in [0.717, 1.165) is 55.3 Å². The van der Waals surface area contributed by atoms with E-state index in [2.05, 4.69) is 43.2 Å². The summed E-state index contributed by atoms with van der Waals surface area (Å²) in [7, 11) is 4.24. The highest BCUT2D eigenvalue weighted by Crippen LogP contribution is 2.17. The van der Waals surface area contributed by atoms with E-state index in [1.807, 2.05) is 25.3 Å². The molecule has 156 valence electrons. The molecule has 0 aliphatic carbocycles. The van der Waals surface area contributed by atoms with Crippen molar-refractivity contribution in [3.8, 4) is 12.3 Å². The lowest BCUT2D eigenvalue weighted by Crippen LogP contribution is -2.37. The number of allylic oxidation sites excluding steroid dienone is 3. The minimum absolute atomic E-state index is 0.0196. The molecule has 0 aromatic heterocycles. The van der Waals surface area contributed by atoms with Gasteiger partial charge in [-0.25, -0.2) is 0 Å². The third-order valence-electron chi connectivity index (χ3n) is 5.18. The van der Waals surface area contributed by atoms with Crippen LogP contribution in [0.1, 0.15) is 52.4 Å². The molecule has 28 heavy (non-hydrogen) atoms. The van der Waals surface area contributed by atoms with Crippen molar-refractivity contribution >= 4 is 17.4 Å². The van der Waals surface area contributed by atoms with Crippen LogP contribution in [0.3, 0.4) is 0 Å². The molecule has 1 heterocycles. The van der Waals surface area contributed by atoms with E-state index in [4.69, 9.17) is 23.0 Å². The van der Waals surface area contributed by atoms with Gasteiger partial charge in [0.15, 0.2) is 0 Å². The molecule has 0 bridgehead atoms. The Morgan fingerprint density at radius 2 is 2.11 bits per heavy atom. The Kier molecular flexibility index (Phi) is 12.0. The summed E-state index contributed by atoms with van der Waals surface area (Å²) in [5.41, 5.74) is 0.854. The van der Waals surface area contributed by atoms with Crippen LogP contribution in [-0.4, -0.2) is 55.4 Å². The van der Waals surface area contributed by atoms with Crippen LogP contribution in [-0.2, 0) is 0 Å². The maximum absolute atomic E-state index is 6.22. The summed E-state index contributed by atoms with van der Waals surface area (Å²) >= 11 is 6.22. The topological polar surface area (TPSA) is 18.8 Å². The Bertz CT molecular complexity index is 612. The van der Waals surface area contributed by atoms with Gasteiger partial charge in [-0.15, -0.1) is 6.42 Å². The molecule has 3 nitrogen and oxygen atoms in total. The number of halogens is 1. The summed E-state index contributed by atoms with van der Waals surface area (Å²) in [6.45, 7) is 11.5. The van der Waals surface area contributed by atoms with Crippen molar-refractivity contribution in [1.82, 2.24) is 9.80 Å². The SMILES string of the molecule is C#CC1CCCN(C)CC(CCCC)CN=C(C(=C)/C=C\C(Cl)=C/CC)N1C. The van der Waals surface area contributed by atoms with Gasteiger partial charge in [0.1, 0.15) is 5.84 Å². The number of rotatable bonds is 7. The fourth-order valence-corrected chi connectivity index (χ4v) is 3.75. The zero-order valence-corrected chi connectivity index (χ0v) is 19.0. The van der Waals surface area contributed by atoms with Gasteiger partial charge in [-0.3, -0.25) is 4.99 Å². The summed E-state index contributed by atoms with van der Waals surface area (Å²) < 4.78 is 0. The number of amidine groups is 1. The normalized spacial score (nSPS) is 23.2. The summed E-state index contributed by atoms with van der Waals surface area (Å²) in [5.74, 6) is 4.38. The third kappa shape index (κ3) is 8.67. The van der Waals surface area contributed by atoms with Gasteiger partial charge in [0.2, 0.25) is 0 Å². The fraction of sp³-hybridized carbons (Fsp3) is 0.625. The maximum atomic E-state index is 6.22. The number of terminal acetylenes is 1. The molecule has 0 fully saturated rings. The number of nitrogens with zero attached hydrogens (tertiary/aromatic N) is 3. The first-order chi connectivity index (χ1) is 13.4. The molecular formula is C24H38ClN3. The van der Waals surface area contributed by atoms with E-state index in [1.165, 1.54) is 19.3 Å².